The van der Waals surface area contributed by atoms with Crippen LogP contribution < -0.4 is 11.1 Å². The maximum absolute atomic E-state index is 11.8. The van der Waals surface area contributed by atoms with Gasteiger partial charge in [0.1, 0.15) is 0 Å². The summed E-state index contributed by atoms with van der Waals surface area (Å²) in [7, 11) is 1.65. The summed E-state index contributed by atoms with van der Waals surface area (Å²) in [5, 5.41) is 3.01. The quantitative estimate of drug-likeness (QED) is 0.620. The Bertz CT molecular complexity index is 203. The van der Waals surface area contributed by atoms with Crippen LogP contribution >= 0.6 is 0 Å². The fourth-order valence-electron chi connectivity index (χ4n) is 1.40. The second-order valence-electron chi connectivity index (χ2n) is 4.50. The lowest BCUT2D eigenvalue weighted by atomic mass is 9.95. The van der Waals surface area contributed by atoms with Crippen molar-refractivity contribution in [2.24, 2.45) is 5.73 Å². The summed E-state index contributed by atoms with van der Waals surface area (Å²) in [4.78, 5) is 11.8. The Morgan fingerprint density at radius 1 is 1.44 bits per heavy atom. The Kier molecular flexibility index (Phi) is 7.34. The zero-order chi connectivity index (χ0) is 12.6. The predicted octanol–water partition coefficient (Wildman–Crippen LogP) is 1.44. The first kappa shape index (κ1) is 15.4. The lowest BCUT2D eigenvalue weighted by Gasteiger charge is -2.29. The van der Waals surface area contributed by atoms with Crippen LogP contribution in [0, 0.1) is 0 Å². The molecule has 1 unspecified atom stereocenters. The second-order valence-corrected chi connectivity index (χ2v) is 4.50. The largest absolute Gasteiger partial charge is 0.385 e. The van der Waals surface area contributed by atoms with Crippen molar-refractivity contribution in [2.45, 2.75) is 58.0 Å². The van der Waals surface area contributed by atoms with Crippen molar-refractivity contribution < 1.29 is 9.53 Å². The average molecular weight is 230 g/mol. The number of methoxy groups -OCH3 is 1. The highest BCUT2D eigenvalue weighted by Gasteiger charge is 2.24. The van der Waals surface area contributed by atoms with E-state index in [-0.39, 0.29) is 11.4 Å². The molecule has 0 aliphatic rings. The normalized spacial score (nSPS) is 13.6. The van der Waals surface area contributed by atoms with E-state index in [9.17, 15) is 4.79 Å². The Hall–Kier alpha value is -0.610. The van der Waals surface area contributed by atoms with Gasteiger partial charge >= 0.3 is 0 Å². The number of hydrogen-bond acceptors (Lipinski definition) is 3. The number of nitrogens with one attached hydrogen (secondary N) is 1. The van der Waals surface area contributed by atoms with Gasteiger partial charge in [-0.05, 0) is 32.6 Å². The highest BCUT2D eigenvalue weighted by Crippen LogP contribution is 2.13. The summed E-state index contributed by atoms with van der Waals surface area (Å²) in [5.41, 5.74) is 5.68. The molecule has 0 aromatic rings. The molecule has 0 saturated carbocycles. The van der Waals surface area contributed by atoms with Gasteiger partial charge in [0.25, 0.3) is 0 Å². The highest BCUT2D eigenvalue weighted by atomic mass is 16.5. The molecular formula is C12H26N2O2. The SMILES string of the molecule is CCC(C)(CC)NC(=O)C(N)CCCOC. The minimum atomic E-state index is -0.424. The molecule has 4 heteroatoms. The Balaban J connectivity index is 4.03. The maximum Gasteiger partial charge on any atom is 0.237 e. The molecule has 0 heterocycles. The van der Waals surface area contributed by atoms with E-state index in [0.29, 0.717) is 13.0 Å². The van der Waals surface area contributed by atoms with Crippen LogP contribution in [-0.4, -0.2) is 31.2 Å². The summed E-state index contributed by atoms with van der Waals surface area (Å²) >= 11 is 0. The molecule has 0 aliphatic heterocycles. The third-order valence-corrected chi connectivity index (χ3v) is 3.19. The van der Waals surface area contributed by atoms with Crippen LogP contribution in [0.3, 0.4) is 0 Å². The fraction of sp³-hybridized carbons (Fsp3) is 0.917. The number of carbonyl (C=O) groups is 1. The van der Waals surface area contributed by atoms with E-state index < -0.39 is 6.04 Å². The first-order chi connectivity index (χ1) is 7.49. The maximum atomic E-state index is 11.8. The molecule has 3 N–H and O–H groups in total. The standard InChI is InChI=1S/C12H26N2O2/c1-5-12(3,6-2)14-11(15)10(13)8-7-9-16-4/h10H,5-9,13H2,1-4H3,(H,14,15). The second kappa shape index (κ2) is 7.63. The van der Waals surface area contributed by atoms with Gasteiger partial charge in [-0.1, -0.05) is 13.8 Å². The molecule has 0 aromatic heterocycles. The van der Waals surface area contributed by atoms with E-state index in [4.69, 9.17) is 10.5 Å². The molecule has 0 radical (unpaired) electrons. The average Bonchev–Trinajstić information content (AvgIpc) is 2.29. The molecular weight excluding hydrogens is 204 g/mol. The highest BCUT2D eigenvalue weighted by molar-refractivity contribution is 5.82. The molecule has 0 aliphatic carbocycles. The third-order valence-electron chi connectivity index (χ3n) is 3.19. The molecule has 0 bridgehead atoms. The summed E-state index contributed by atoms with van der Waals surface area (Å²) in [6, 6.07) is -0.424. The zero-order valence-corrected chi connectivity index (χ0v) is 11.0. The first-order valence-corrected chi connectivity index (χ1v) is 6.05. The number of amides is 1. The first-order valence-electron chi connectivity index (χ1n) is 6.05. The van der Waals surface area contributed by atoms with Gasteiger partial charge < -0.3 is 15.8 Å². The predicted molar refractivity (Wildman–Crippen MR) is 66.2 cm³/mol. The molecule has 0 saturated heterocycles. The van der Waals surface area contributed by atoms with Gasteiger partial charge in [-0.3, -0.25) is 4.79 Å². The monoisotopic (exact) mass is 230 g/mol. The van der Waals surface area contributed by atoms with Crippen molar-refractivity contribution in [1.82, 2.24) is 5.32 Å². The number of nitrogens with two attached hydrogens (primary N) is 1. The molecule has 0 fully saturated rings. The van der Waals surface area contributed by atoms with Crippen molar-refractivity contribution >= 4 is 5.91 Å². The Morgan fingerprint density at radius 2 is 2.00 bits per heavy atom. The van der Waals surface area contributed by atoms with Crippen LogP contribution in [0.25, 0.3) is 0 Å². The summed E-state index contributed by atoms with van der Waals surface area (Å²) < 4.78 is 4.93. The van der Waals surface area contributed by atoms with Crippen LogP contribution in [0.15, 0.2) is 0 Å². The molecule has 0 spiro atoms. The van der Waals surface area contributed by atoms with Crippen molar-refractivity contribution in [3.8, 4) is 0 Å². The zero-order valence-electron chi connectivity index (χ0n) is 11.0. The van der Waals surface area contributed by atoms with E-state index >= 15 is 0 Å². The van der Waals surface area contributed by atoms with E-state index in [1.165, 1.54) is 0 Å². The van der Waals surface area contributed by atoms with Gasteiger partial charge in [-0.15, -0.1) is 0 Å². The van der Waals surface area contributed by atoms with Crippen molar-refractivity contribution in [2.75, 3.05) is 13.7 Å². The van der Waals surface area contributed by atoms with E-state index in [1.807, 2.05) is 6.92 Å². The number of hydrogen-bond donors (Lipinski definition) is 2. The molecule has 1 atom stereocenters. The van der Waals surface area contributed by atoms with Gasteiger partial charge in [0, 0.05) is 19.3 Å². The van der Waals surface area contributed by atoms with Gasteiger partial charge in [-0.25, -0.2) is 0 Å². The lowest BCUT2D eigenvalue weighted by molar-refractivity contribution is -0.124. The third kappa shape index (κ3) is 5.47. The van der Waals surface area contributed by atoms with E-state index in [0.717, 1.165) is 19.3 Å². The lowest BCUT2D eigenvalue weighted by Crippen LogP contribution is -2.51. The molecule has 96 valence electrons. The van der Waals surface area contributed by atoms with Crippen molar-refractivity contribution in [3.63, 3.8) is 0 Å². The minimum absolute atomic E-state index is 0.0534. The van der Waals surface area contributed by atoms with Gasteiger partial charge in [-0.2, -0.15) is 0 Å². The van der Waals surface area contributed by atoms with Crippen LogP contribution in [0.5, 0.6) is 0 Å². The summed E-state index contributed by atoms with van der Waals surface area (Å²) in [6.07, 6.45) is 3.32. The van der Waals surface area contributed by atoms with Gasteiger partial charge in [0.15, 0.2) is 0 Å². The molecule has 4 nitrogen and oxygen atoms in total. The van der Waals surface area contributed by atoms with E-state index in [1.54, 1.807) is 7.11 Å². The van der Waals surface area contributed by atoms with Crippen LogP contribution in [0.2, 0.25) is 0 Å². The molecule has 16 heavy (non-hydrogen) atoms. The Labute approximate surface area is 98.9 Å². The number of ether oxygens (including phenoxy) is 1. The van der Waals surface area contributed by atoms with Crippen LogP contribution in [-0.2, 0) is 9.53 Å². The topological polar surface area (TPSA) is 64.4 Å². The van der Waals surface area contributed by atoms with Crippen LogP contribution in [0.4, 0.5) is 0 Å². The smallest absolute Gasteiger partial charge is 0.237 e. The van der Waals surface area contributed by atoms with Crippen molar-refractivity contribution in [3.05, 3.63) is 0 Å². The summed E-state index contributed by atoms with van der Waals surface area (Å²) in [6.45, 7) is 6.84. The molecule has 0 aromatic carbocycles. The number of rotatable bonds is 8. The fourth-order valence-corrected chi connectivity index (χ4v) is 1.40. The summed E-state index contributed by atoms with van der Waals surface area (Å²) in [5.74, 6) is -0.0534. The van der Waals surface area contributed by atoms with Crippen molar-refractivity contribution in [1.29, 1.82) is 0 Å². The minimum Gasteiger partial charge on any atom is -0.385 e. The van der Waals surface area contributed by atoms with Crippen LogP contribution in [0.1, 0.15) is 46.5 Å². The van der Waals surface area contributed by atoms with Gasteiger partial charge in [0.05, 0.1) is 6.04 Å². The van der Waals surface area contributed by atoms with Gasteiger partial charge in [0.2, 0.25) is 5.91 Å². The Morgan fingerprint density at radius 3 is 2.44 bits per heavy atom. The molecule has 0 rings (SSSR count). The van der Waals surface area contributed by atoms with E-state index in [2.05, 4.69) is 19.2 Å². The molecule has 1 amide bonds. The number of carbonyl (C=O) groups excluding carboxylic acids is 1.